The summed E-state index contributed by atoms with van der Waals surface area (Å²) in [5.41, 5.74) is 1.18. The molecule has 2 rings (SSSR count). The van der Waals surface area contributed by atoms with Crippen LogP contribution in [0.3, 0.4) is 0 Å². The first kappa shape index (κ1) is 13.4. The van der Waals surface area contributed by atoms with Crippen LogP contribution in [-0.2, 0) is 0 Å². The highest BCUT2D eigenvalue weighted by atomic mass is 16.5. The van der Waals surface area contributed by atoms with Crippen molar-refractivity contribution in [3.05, 3.63) is 29.8 Å². The Kier molecular flexibility index (Phi) is 5.02. The second-order valence-electron chi connectivity index (χ2n) is 5.30. The number of likely N-dealkylation sites (tertiary alicyclic amines) is 1. The van der Waals surface area contributed by atoms with Gasteiger partial charge in [0.2, 0.25) is 0 Å². The quantitative estimate of drug-likeness (QED) is 0.810. The minimum Gasteiger partial charge on any atom is -0.491 e. The van der Waals surface area contributed by atoms with Gasteiger partial charge in [0.1, 0.15) is 25.0 Å². The van der Waals surface area contributed by atoms with Gasteiger partial charge in [-0.15, -0.1) is 0 Å². The SMILES string of the molecule is Cc1cccc(OC[C@@H](O)C[NH+]2CCCCC2)c1. The van der Waals surface area contributed by atoms with Gasteiger partial charge < -0.3 is 14.7 Å². The molecule has 1 aromatic carbocycles. The molecule has 0 saturated carbocycles. The highest BCUT2D eigenvalue weighted by molar-refractivity contribution is 5.27. The molecule has 1 fully saturated rings. The maximum Gasteiger partial charge on any atom is 0.137 e. The molecule has 3 heteroatoms. The molecule has 1 aliphatic rings. The number of hydrogen-bond donors (Lipinski definition) is 2. The van der Waals surface area contributed by atoms with E-state index in [1.54, 1.807) is 0 Å². The highest BCUT2D eigenvalue weighted by Gasteiger charge is 2.18. The van der Waals surface area contributed by atoms with Crippen molar-refractivity contribution in [2.24, 2.45) is 0 Å². The van der Waals surface area contributed by atoms with E-state index >= 15 is 0 Å². The van der Waals surface area contributed by atoms with Gasteiger partial charge in [-0.3, -0.25) is 0 Å². The van der Waals surface area contributed by atoms with Crippen LogP contribution in [0.15, 0.2) is 24.3 Å². The maximum atomic E-state index is 9.99. The monoisotopic (exact) mass is 250 g/mol. The number of quaternary nitrogens is 1. The van der Waals surface area contributed by atoms with Crippen LogP contribution >= 0.6 is 0 Å². The molecule has 1 aromatic rings. The fourth-order valence-corrected chi connectivity index (χ4v) is 2.55. The van der Waals surface area contributed by atoms with E-state index in [2.05, 4.69) is 0 Å². The van der Waals surface area contributed by atoms with Crippen LogP contribution < -0.4 is 9.64 Å². The lowest BCUT2D eigenvalue weighted by atomic mass is 10.1. The van der Waals surface area contributed by atoms with Crippen molar-refractivity contribution >= 4 is 0 Å². The smallest absolute Gasteiger partial charge is 0.137 e. The molecular weight excluding hydrogens is 226 g/mol. The fraction of sp³-hybridized carbons (Fsp3) is 0.600. The third kappa shape index (κ3) is 4.31. The first-order valence-electron chi connectivity index (χ1n) is 6.95. The average Bonchev–Trinajstić information content (AvgIpc) is 2.38. The Morgan fingerprint density at radius 1 is 1.28 bits per heavy atom. The molecule has 0 unspecified atom stereocenters. The van der Waals surface area contributed by atoms with Gasteiger partial charge in [0, 0.05) is 0 Å². The molecule has 0 bridgehead atoms. The van der Waals surface area contributed by atoms with Gasteiger partial charge in [-0.2, -0.15) is 0 Å². The van der Waals surface area contributed by atoms with Crippen molar-refractivity contribution in [3.8, 4) is 5.75 Å². The number of rotatable bonds is 5. The van der Waals surface area contributed by atoms with Crippen LogP contribution in [-0.4, -0.2) is 37.5 Å². The molecule has 100 valence electrons. The van der Waals surface area contributed by atoms with Gasteiger partial charge >= 0.3 is 0 Å². The number of benzene rings is 1. The molecule has 2 N–H and O–H groups in total. The van der Waals surface area contributed by atoms with E-state index < -0.39 is 0 Å². The van der Waals surface area contributed by atoms with Gasteiger partial charge in [-0.05, 0) is 43.9 Å². The Bertz CT molecular complexity index is 361. The summed E-state index contributed by atoms with van der Waals surface area (Å²) in [4.78, 5) is 1.52. The van der Waals surface area contributed by atoms with Crippen molar-refractivity contribution in [3.63, 3.8) is 0 Å². The number of ether oxygens (including phenoxy) is 1. The second kappa shape index (κ2) is 6.76. The lowest BCUT2D eigenvalue weighted by Crippen LogP contribution is -3.14. The van der Waals surface area contributed by atoms with Gasteiger partial charge in [0.05, 0.1) is 13.1 Å². The molecule has 1 heterocycles. The van der Waals surface area contributed by atoms with Crippen molar-refractivity contribution in [2.75, 3.05) is 26.2 Å². The molecule has 0 radical (unpaired) electrons. The highest BCUT2D eigenvalue weighted by Crippen LogP contribution is 2.12. The molecule has 0 aliphatic carbocycles. The summed E-state index contributed by atoms with van der Waals surface area (Å²) in [7, 11) is 0. The first-order valence-corrected chi connectivity index (χ1v) is 6.95. The average molecular weight is 250 g/mol. The van der Waals surface area contributed by atoms with Crippen molar-refractivity contribution < 1.29 is 14.7 Å². The summed E-state index contributed by atoms with van der Waals surface area (Å²) in [6.45, 7) is 5.64. The maximum absolute atomic E-state index is 9.99. The van der Waals surface area contributed by atoms with E-state index in [4.69, 9.17) is 4.74 Å². The Balaban J connectivity index is 1.72. The minimum absolute atomic E-state index is 0.362. The molecule has 0 aromatic heterocycles. The van der Waals surface area contributed by atoms with Crippen molar-refractivity contribution in [2.45, 2.75) is 32.3 Å². The number of aliphatic hydroxyl groups is 1. The summed E-state index contributed by atoms with van der Waals surface area (Å²) < 4.78 is 5.63. The Hall–Kier alpha value is -1.06. The van der Waals surface area contributed by atoms with Crippen molar-refractivity contribution in [1.29, 1.82) is 0 Å². The number of nitrogens with one attached hydrogen (secondary N) is 1. The van der Waals surface area contributed by atoms with Gasteiger partial charge in [0.25, 0.3) is 0 Å². The van der Waals surface area contributed by atoms with Gasteiger partial charge in [0.15, 0.2) is 0 Å². The molecule has 1 saturated heterocycles. The summed E-state index contributed by atoms with van der Waals surface area (Å²) in [6, 6.07) is 7.96. The largest absolute Gasteiger partial charge is 0.491 e. The first-order chi connectivity index (χ1) is 8.74. The number of aliphatic hydroxyl groups excluding tert-OH is 1. The lowest BCUT2D eigenvalue weighted by Gasteiger charge is -2.25. The van der Waals surface area contributed by atoms with E-state index in [1.165, 1.54) is 42.8 Å². The van der Waals surface area contributed by atoms with E-state index in [0.717, 1.165) is 12.3 Å². The standard InChI is InChI=1S/C15H23NO2/c1-13-6-5-7-15(10-13)18-12-14(17)11-16-8-3-2-4-9-16/h5-7,10,14,17H,2-4,8-9,11-12H2,1H3/p+1/t14-/m0/s1. The van der Waals surface area contributed by atoms with Crippen LogP contribution in [0.5, 0.6) is 5.75 Å². The number of hydrogen-bond acceptors (Lipinski definition) is 2. The van der Waals surface area contributed by atoms with Crippen LogP contribution in [0.1, 0.15) is 24.8 Å². The Labute approximate surface area is 109 Å². The Morgan fingerprint density at radius 2 is 2.06 bits per heavy atom. The van der Waals surface area contributed by atoms with E-state index in [9.17, 15) is 5.11 Å². The third-order valence-corrected chi connectivity index (χ3v) is 3.52. The van der Waals surface area contributed by atoms with Crippen LogP contribution in [0.4, 0.5) is 0 Å². The zero-order valence-corrected chi connectivity index (χ0v) is 11.2. The normalized spacial score (nSPS) is 18.6. The number of piperidine rings is 1. The predicted molar refractivity (Wildman–Crippen MR) is 72.1 cm³/mol. The van der Waals surface area contributed by atoms with Gasteiger partial charge in [-0.1, -0.05) is 12.1 Å². The van der Waals surface area contributed by atoms with Crippen LogP contribution in [0.25, 0.3) is 0 Å². The molecule has 18 heavy (non-hydrogen) atoms. The molecular formula is C15H24NO2+. The zero-order chi connectivity index (χ0) is 12.8. The summed E-state index contributed by atoms with van der Waals surface area (Å²) in [6.07, 6.45) is 3.57. The summed E-state index contributed by atoms with van der Waals surface area (Å²) in [5.74, 6) is 0.850. The van der Waals surface area contributed by atoms with E-state index in [0.29, 0.717) is 6.61 Å². The zero-order valence-electron chi connectivity index (χ0n) is 11.2. The topological polar surface area (TPSA) is 33.9 Å². The molecule has 3 nitrogen and oxygen atoms in total. The van der Waals surface area contributed by atoms with Crippen LogP contribution in [0, 0.1) is 6.92 Å². The minimum atomic E-state index is -0.362. The fourth-order valence-electron chi connectivity index (χ4n) is 2.55. The third-order valence-electron chi connectivity index (χ3n) is 3.52. The number of aryl methyl sites for hydroxylation is 1. The predicted octanol–water partition coefficient (Wildman–Crippen LogP) is 0.804. The van der Waals surface area contributed by atoms with Crippen LogP contribution in [0.2, 0.25) is 0 Å². The van der Waals surface area contributed by atoms with E-state index in [-0.39, 0.29) is 6.10 Å². The molecule has 1 aliphatic heterocycles. The summed E-state index contributed by atoms with van der Waals surface area (Å²) in [5, 5.41) is 9.99. The molecule has 0 amide bonds. The molecule has 1 atom stereocenters. The lowest BCUT2D eigenvalue weighted by molar-refractivity contribution is -0.908. The van der Waals surface area contributed by atoms with E-state index in [1.807, 2.05) is 31.2 Å². The van der Waals surface area contributed by atoms with Crippen molar-refractivity contribution in [1.82, 2.24) is 0 Å². The molecule has 0 spiro atoms. The summed E-state index contributed by atoms with van der Waals surface area (Å²) >= 11 is 0. The van der Waals surface area contributed by atoms with Gasteiger partial charge in [-0.25, -0.2) is 0 Å². The Morgan fingerprint density at radius 3 is 2.78 bits per heavy atom. The second-order valence-corrected chi connectivity index (χ2v) is 5.30.